The number of hydrazine groups is 1. The summed E-state index contributed by atoms with van der Waals surface area (Å²) in [6.45, 7) is 0.508. The topological polar surface area (TPSA) is 89.3 Å². The first-order chi connectivity index (χ1) is 11.7. The third kappa shape index (κ3) is 4.84. The highest BCUT2D eigenvalue weighted by atomic mass is 35.5. The molecule has 1 aliphatic rings. The number of carbonyl (C=O) groups is 1. The van der Waals surface area contributed by atoms with Crippen LogP contribution in [0.5, 0.6) is 5.75 Å². The van der Waals surface area contributed by atoms with Crippen LogP contribution in [-0.2, 0) is 11.4 Å². The van der Waals surface area contributed by atoms with E-state index in [2.05, 4.69) is 34.3 Å². The number of anilines is 1. The first-order valence-electron chi connectivity index (χ1n) is 7.62. The van der Waals surface area contributed by atoms with Crippen molar-refractivity contribution in [1.29, 1.82) is 0 Å². The van der Waals surface area contributed by atoms with Crippen molar-refractivity contribution in [2.45, 2.75) is 25.4 Å². The van der Waals surface area contributed by atoms with Gasteiger partial charge in [0.1, 0.15) is 6.61 Å². The molecule has 6 nitrogen and oxygen atoms in total. The molecule has 1 aliphatic carbocycles. The molecule has 1 aromatic heterocycles. The fourth-order valence-corrected chi connectivity index (χ4v) is 2.56. The summed E-state index contributed by atoms with van der Waals surface area (Å²) >= 11 is 6.10. The summed E-state index contributed by atoms with van der Waals surface area (Å²) in [6.07, 6.45) is 6.26. The molecule has 24 heavy (non-hydrogen) atoms. The van der Waals surface area contributed by atoms with Crippen LogP contribution in [0.2, 0.25) is 5.02 Å². The van der Waals surface area contributed by atoms with Gasteiger partial charge in [-0.25, -0.2) is 5.84 Å². The molecule has 0 aliphatic heterocycles. The van der Waals surface area contributed by atoms with Gasteiger partial charge in [0.15, 0.2) is 5.75 Å². The lowest BCUT2D eigenvalue weighted by Crippen LogP contribution is -2.18. The number of benzene rings is 1. The number of aromatic nitrogens is 1. The Hall–Kier alpha value is -2.31. The normalized spacial score (nSPS) is 12.6. The van der Waals surface area contributed by atoms with Gasteiger partial charge in [0.25, 0.3) is 0 Å². The molecule has 0 atom stereocenters. The number of nitrogens with two attached hydrogens (primary N) is 1. The van der Waals surface area contributed by atoms with Crippen molar-refractivity contribution < 1.29 is 9.53 Å². The fraction of sp³-hybridized carbons (Fsp3) is 0.294. The van der Waals surface area contributed by atoms with E-state index in [9.17, 15) is 0 Å². The average Bonchev–Trinajstić information content (AvgIpc) is 3.46. The summed E-state index contributed by atoms with van der Waals surface area (Å²) in [4.78, 5) is 13.0. The molecule has 1 fully saturated rings. The second kappa shape index (κ2) is 9.10. The van der Waals surface area contributed by atoms with Crippen molar-refractivity contribution in [2.75, 3.05) is 12.4 Å². The summed E-state index contributed by atoms with van der Waals surface area (Å²) in [7, 11) is 1.94. The number of amides is 1. The van der Waals surface area contributed by atoms with Crippen molar-refractivity contribution in [3.63, 3.8) is 0 Å². The molecule has 4 N–H and O–H groups in total. The van der Waals surface area contributed by atoms with Crippen molar-refractivity contribution in [1.82, 2.24) is 10.4 Å². The van der Waals surface area contributed by atoms with Gasteiger partial charge in [-0.1, -0.05) is 23.7 Å². The van der Waals surface area contributed by atoms with Gasteiger partial charge in [0.05, 0.1) is 11.2 Å². The molecule has 1 saturated carbocycles. The van der Waals surface area contributed by atoms with Crippen LogP contribution in [0.4, 0.5) is 5.69 Å². The zero-order chi connectivity index (χ0) is 17.4. The summed E-state index contributed by atoms with van der Waals surface area (Å²) in [5.74, 6) is 5.72. The van der Waals surface area contributed by atoms with Crippen LogP contribution >= 0.6 is 11.6 Å². The highest BCUT2D eigenvalue weighted by Crippen LogP contribution is 2.43. The highest BCUT2D eigenvalue weighted by Gasteiger charge is 2.27. The second-order valence-electron chi connectivity index (χ2n) is 5.28. The predicted molar refractivity (Wildman–Crippen MR) is 94.9 cm³/mol. The summed E-state index contributed by atoms with van der Waals surface area (Å²) in [5, 5.41) is 3.83. The largest absolute Gasteiger partial charge is 0.486 e. The lowest BCUT2D eigenvalue weighted by Gasteiger charge is -2.15. The van der Waals surface area contributed by atoms with Crippen molar-refractivity contribution >= 4 is 23.7 Å². The summed E-state index contributed by atoms with van der Waals surface area (Å²) in [5.41, 5.74) is 5.48. The van der Waals surface area contributed by atoms with Crippen molar-refractivity contribution in [3.8, 4) is 5.75 Å². The van der Waals surface area contributed by atoms with Gasteiger partial charge in [-0.2, -0.15) is 0 Å². The number of nitrogens with one attached hydrogen (secondary N) is 2. The van der Waals surface area contributed by atoms with Crippen LogP contribution in [0.25, 0.3) is 0 Å². The molecular weight excluding hydrogens is 328 g/mol. The molecule has 3 rings (SSSR count). The van der Waals surface area contributed by atoms with E-state index in [1.165, 1.54) is 24.0 Å². The molecule has 0 radical (unpaired) electrons. The van der Waals surface area contributed by atoms with Crippen LogP contribution < -0.4 is 21.3 Å². The molecule has 1 heterocycles. The highest BCUT2D eigenvalue weighted by molar-refractivity contribution is 6.31. The molecule has 1 aromatic carbocycles. The van der Waals surface area contributed by atoms with E-state index in [0.717, 1.165) is 5.69 Å². The zero-order valence-corrected chi connectivity index (χ0v) is 14.2. The number of hydrogen-bond acceptors (Lipinski definition) is 5. The van der Waals surface area contributed by atoms with E-state index in [-0.39, 0.29) is 0 Å². The maximum absolute atomic E-state index is 8.94. The number of nitrogens with zero attached hydrogens (tertiary/aromatic N) is 1. The quantitative estimate of drug-likeness (QED) is 0.323. The second-order valence-corrected chi connectivity index (χ2v) is 5.68. The molecule has 0 saturated heterocycles. The first-order valence-corrected chi connectivity index (χ1v) is 8.00. The van der Waals surface area contributed by atoms with Gasteiger partial charge < -0.3 is 10.1 Å². The van der Waals surface area contributed by atoms with Gasteiger partial charge in [-0.05, 0) is 36.5 Å². The maximum atomic E-state index is 8.94. The van der Waals surface area contributed by atoms with Crippen LogP contribution in [-0.4, -0.2) is 18.4 Å². The standard InChI is InChI=1S/C16H17ClN2O.CH4N2O/c1-18-15-4-2-3-12(11-5-6-11)13(15)10-20-16-9-19-8-7-14(16)17;2-3-1-4/h2-4,7-9,11,18H,5-6,10H2,1H3;1H,2H2,(H,3,4). The Kier molecular flexibility index (Phi) is 6.84. The molecule has 0 unspecified atom stereocenters. The van der Waals surface area contributed by atoms with Gasteiger partial charge in [-0.3, -0.25) is 15.2 Å². The van der Waals surface area contributed by atoms with Crippen molar-refractivity contribution in [3.05, 3.63) is 52.8 Å². The number of ether oxygens (including phenoxy) is 1. The van der Waals surface area contributed by atoms with Crippen LogP contribution in [0.1, 0.15) is 29.9 Å². The minimum Gasteiger partial charge on any atom is -0.486 e. The first kappa shape index (κ1) is 18.0. The number of rotatable bonds is 6. The Morgan fingerprint density at radius 3 is 2.75 bits per heavy atom. The Morgan fingerprint density at radius 2 is 2.17 bits per heavy atom. The average molecular weight is 349 g/mol. The Labute approximate surface area is 146 Å². The fourth-order valence-electron chi connectivity index (χ4n) is 2.40. The monoisotopic (exact) mass is 348 g/mol. The molecular formula is C17H21ClN4O2. The third-order valence-corrected chi connectivity index (χ3v) is 3.99. The van der Waals surface area contributed by atoms with Crippen LogP contribution in [0.15, 0.2) is 36.7 Å². The summed E-state index contributed by atoms with van der Waals surface area (Å²) in [6, 6.07) is 8.11. The van der Waals surface area contributed by atoms with Crippen LogP contribution in [0.3, 0.4) is 0 Å². The Bertz CT molecular complexity index is 677. The minimum atomic E-state index is 0.403. The Morgan fingerprint density at radius 1 is 1.42 bits per heavy atom. The van der Waals surface area contributed by atoms with Gasteiger partial charge in [-0.15, -0.1) is 0 Å². The molecule has 128 valence electrons. The minimum absolute atomic E-state index is 0.403. The molecule has 2 aromatic rings. The lowest BCUT2D eigenvalue weighted by molar-refractivity contribution is -0.109. The van der Waals surface area contributed by atoms with Crippen molar-refractivity contribution in [2.24, 2.45) is 5.84 Å². The SMILES string of the molecule is CNc1cccc(C2CC2)c1COc1cnccc1Cl.NNC=O. The summed E-state index contributed by atoms with van der Waals surface area (Å²) < 4.78 is 5.85. The van der Waals surface area contributed by atoms with E-state index in [4.69, 9.17) is 21.1 Å². The van der Waals surface area contributed by atoms with Gasteiger partial charge in [0.2, 0.25) is 6.41 Å². The van der Waals surface area contributed by atoms with E-state index < -0.39 is 0 Å². The van der Waals surface area contributed by atoms with E-state index in [1.807, 2.05) is 7.05 Å². The van der Waals surface area contributed by atoms with E-state index in [0.29, 0.717) is 29.7 Å². The predicted octanol–water partition coefficient (Wildman–Crippen LogP) is 2.84. The molecule has 7 heteroatoms. The number of halogens is 1. The van der Waals surface area contributed by atoms with Gasteiger partial charge >= 0.3 is 0 Å². The number of pyridine rings is 1. The van der Waals surface area contributed by atoms with Gasteiger partial charge in [0, 0.05) is 24.5 Å². The zero-order valence-electron chi connectivity index (χ0n) is 13.5. The lowest BCUT2D eigenvalue weighted by atomic mass is 10.0. The van der Waals surface area contributed by atoms with E-state index >= 15 is 0 Å². The number of carbonyl (C=O) groups excluding carboxylic acids is 1. The van der Waals surface area contributed by atoms with E-state index in [1.54, 1.807) is 23.9 Å². The Balaban J connectivity index is 0.000000471. The van der Waals surface area contributed by atoms with Crippen LogP contribution in [0, 0.1) is 0 Å². The maximum Gasteiger partial charge on any atom is 0.221 e. The molecule has 0 spiro atoms. The smallest absolute Gasteiger partial charge is 0.221 e. The molecule has 0 bridgehead atoms. The molecule has 1 amide bonds. The third-order valence-electron chi connectivity index (χ3n) is 3.67. The number of hydrogen-bond donors (Lipinski definition) is 3.